The summed E-state index contributed by atoms with van der Waals surface area (Å²) in [7, 11) is 1.36. The molecule has 0 fully saturated rings. The van der Waals surface area contributed by atoms with Crippen LogP contribution in [0.2, 0.25) is 0 Å². The highest BCUT2D eigenvalue weighted by Gasteiger charge is 2.42. The van der Waals surface area contributed by atoms with Gasteiger partial charge in [-0.25, -0.2) is 0 Å². The van der Waals surface area contributed by atoms with Gasteiger partial charge in [0.05, 0.1) is 13.5 Å². The van der Waals surface area contributed by atoms with Gasteiger partial charge in [0.15, 0.2) is 11.6 Å². The number of halogens is 3. The van der Waals surface area contributed by atoms with E-state index in [0.29, 0.717) is 36.8 Å². The number of ether oxygens (including phenoxy) is 1. The van der Waals surface area contributed by atoms with Crippen molar-refractivity contribution in [2.75, 3.05) is 7.11 Å². The summed E-state index contributed by atoms with van der Waals surface area (Å²) in [6.07, 6.45) is 6.58. The molecule has 6 rings (SSSR count). The fourth-order valence-electron chi connectivity index (χ4n) is 8.32. The molecule has 0 heterocycles. The third-order valence-corrected chi connectivity index (χ3v) is 11.0. The van der Waals surface area contributed by atoms with Crippen molar-refractivity contribution < 1.29 is 37.1 Å². The van der Waals surface area contributed by atoms with Crippen LogP contribution in [0.1, 0.15) is 79.6 Å². The van der Waals surface area contributed by atoms with E-state index < -0.39 is 24.2 Å². The summed E-state index contributed by atoms with van der Waals surface area (Å²) < 4.78 is 44.7. The minimum Gasteiger partial charge on any atom is -0.469 e. The standard InChI is InChI=1S/C40H39F3O5/c1-7-29-19(2)23-11-27(29)12-26-16-33-32(17-34(44)39(33)22(26)5)31-15-25(20(3)30(31)8-9-37(47)48-6)10-24-14-28(13-23)38(21(24)4)35(45)18-36(46)40(41,42)43/h10-13,15,20,30H,7-9,14,16-18H2,1-6H3/t20-,30+/m1/s1. The summed E-state index contributed by atoms with van der Waals surface area (Å²) in [5.74, 6) is -3.22. The Bertz CT molecular complexity index is 1920. The summed E-state index contributed by atoms with van der Waals surface area (Å²) >= 11 is 0. The molecule has 0 N–H and O–H groups in total. The SMILES string of the molecule is CCC1=C(C)C2=CC3=C(C(=O)CC(=O)C(F)(F)F)C(C)=C(C=C4C=C(C5=C6CC(=CC1=C2)C(C)=C6C(=O)C5)[C@@H](CCC(=O)OC)[C@@H]4C)C3. The molecule has 0 aliphatic heterocycles. The normalized spacial score (nSPS) is 23.7. The summed E-state index contributed by atoms with van der Waals surface area (Å²) in [6, 6.07) is 0. The second-order valence-electron chi connectivity index (χ2n) is 13.6. The molecule has 8 bridgehead atoms. The molecule has 250 valence electrons. The number of hydrogen-bond acceptors (Lipinski definition) is 5. The van der Waals surface area contributed by atoms with E-state index in [-0.39, 0.29) is 35.6 Å². The van der Waals surface area contributed by atoms with Crippen molar-refractivity contribution in [3.63, 3.8) is 0 Å². The number of carbonyl (C=O) groups is 4. The quantitative estimate of drug-likeness (QED) is 0.202. The predicted molar refractivity (Wildman–Crippen MR) is 176 cm³/mol. The van der Waals surface area contributed by atoms with E-state index >= 15 is 0 Å². The van der Waals surface area contributed by atoms with Crippen molar-refractivity contribution in [3.8, 4) is 0 Å². The zero-order valence-corrected chi connectivity index (χ0v) is 28.2. The first-order chi connectivity index (χ1) is 22.6. The molecule has 0 unspecified atom stereocenters. The Morgan fingerprint density at radius 1 is 0.875 bits per heavy atom. The number of hydrogen-bond donors (Lipinski definition) is 0. The molecule has 0 saturated heterocycles. The summed E-state index contributed by atoms with van der Waals surface area (Å²) in [5, 5.41) is 0. The molecular formula is C40H39F3O5. The number of methoxy groups -OCH3 is 1. The van der Waals surface area contributed by atoms with Crippen LogP contribution >= 0.6 is 0 Å². The van der Waals surface area contributed by atoms with Crippen LogP contribution in [0.15, 0.2) is 114 Å². The monoisotopic (exact) mass is 656 g/mol. The lowest BCUT2D eigenvalue weighted by molar-refractivity contribution is -0.171. The van der Waals surface area contributed by atoms with Gasteiger partial charge < -0.3 is 4.74 Å². The van der Waals surface area contributed by atoms with E-state index in [9.17, 15) is 32.3 Å². The van der Waals surface area contributed by atoms with Gasteiger partial charge in [0.25, 0.3) is 0 Å². The number of alkyl halides is 3. The highest BCUT2D eigenvalue weighted by molar-refractivity contribution is 6.12. The van der Waals surface area contributed by atoms with Gasteiger partial charge in [0.1, 0.15) is 0 Å². The minimum atomic E-state index is -5.10. The Morgan fingerprint density at radius 3 is 2.27 bits per heavy atom. The highest BCUT2D eigenvalue weighted by atomic mass is 19.4. The molecule has 48 heavy (non-hydrogen) atoms. The summed E-state index contributed by atoms with van der Waals surface area (Å²) in [6.45, 7) is 9.89. The molecule has 0 amide bonds. The van der Waals surface area contributed by atoms with Gasteiger partial charge in [-0.15, -0.1) is 0 Å². The second-order valence-corrected chi connectivity index (χ2v) is 13.6. The number of ketones is 3. The van der Waals surface area contributed by atoms with Crippen LogP contribution in [0, 0.1) is 11.8 Å². The Kier molecular flexibility index (Phi) is 8.59. The Hall–Kier alpha value is -4.33. The molecule has 0 spiro atoms. The lowest BCUT2D eigenvalue weighted by Gasteiger charge is -2.22. The number of carbonyl (C=O) groups excluding carboxylic acids is 4. The highest BCUT2D eigenvalue weighted by Crippen LogP contribution is 2.53. The Labute approximate surface area is 278 Å². The van der Waals surface area contributed by atoms with Gasteiger partial charge in [-0.3, -0.25) is 19.2 Å². The fourth-order valence-corrected chi connectivity index (χ4v) is 8.32. The summed E-state index contributed by atoms with van der Waals surface area (Å²) in [4.78, 5) is 51.3. The van der Waals surface area contributed by atoms with Crippen LogP contribution in [-0.2, 0) is 23.9 Å². The fraction of sp³-hybridized carbons (Fsp3) is 0.400. The number of fused-ring (bicyclic) bond motifs is 6. The molecule has 5 nitrogen and oxygen atoms in total. The molecule has 0 saturated carbocycles. The maximum atomic E-state index is 13.6. The minimum absolute atomic E-state index is 0.0417. The molecule has 6 aliphatic carbocycles. The first-order valence-electron chi connectivity index (χ1n) is 16.5. The van der Waals surface area contributed by atoms with E-state index in [1.165, 1.54) is 7.11 Å². The molecule has 8 heteroatoms. The third-order valence-electron chi connectivity index (χ3n) is 11.0. The predicted octanol–water partition coefficient (Wildman–Crippen LogP) is 8.69. The number of allylic oxidation sites excluding steroid dienone is 20. The Balaban J connectivity index is 1.57. The van der Waals surface area contributed by atoms with Crippen LogP contribution in [0.25, 0.3) is 0 Å². The first-order valence-corrected chi connectivity index (χ1v) is 16.5. The van der Waals surface area contributed by atoms with E-state index in [0.717, 1.165) is 73.3 Å². The van der Waals surface area contributed by atoms with Crippen molar-refractivity contribution in [2.45, 2.75) is 85.7 Å². The third kappa shape index (κ3) is 5.63. The van der Waals surface area contributed by atoms with Crippen LogP contribution < -0.4 is 0 Å². The van der Waals surface area contributed by atoms with Gasteiger partial charge in [-0.2, -0.15) is 13.2 Å². The van der Waals surface area contributed by atoms with Gasteiger partial charge in [0, 0.05) is 24.0 Å². The van der Waals surface area contributed by atoms with Crippen molar-refractivity contribution in [2.24, 2.45) is 11.8 Å². The van der Waals surface area contributed by atoms with Crippen LogP contribution in [-0.4, -0.2) is 36.6 Å². The van der Waals surface area contributed by atoms with Crippen molar-refractivity contribution in [1.82, 2.24) is 0 Å². The molecule has 0 aromatic rings. The van der Waals surface area contributed by atoms with Crippen LogP contribution in [0.4, 0.5) is 13.2 Å². The largest absolute Gasteiger partial charge is 0.469 e. The van der Waals surface area contributed by atoms with E-state index in [1.807, 2.05) is 26.0 Å². The zero-order chi connectivity index (χ0) is 34.8. The van der Waals surface area contributed by atoms with Crippen molar-refractivity contribution in [3.05, 3.63) is 114 Å². The van der Waals surface area contributed by atoms with Crippen LogP contribution in [0.3, 0.4) is 0 Å². The Morgan fingerprint density at radius 2 is 1.60 bits per heavy atom. The number of rotatable bonds is 7. The van der Waals surface area contributed by atoms with Crippen LogP contribution in [0.5, 0.6) is 0 Å². The number of esters is 1. The smallest absolute Gasteiger partial charge is 0.450 e. The van der Waals surface area contributed by atoms with Gasteiger partial charge in [-0.05, 0) is 137 Å². The maximum absolute atomic E-state index is 13.6. The lowest BCUT2D eigenvalue weighted by atomic mass is 9.82. The molecule has 0 radical (unpaired) electrons. The van der Waals surface area contributed by atoms with E-state index in [1.54, 1.807) is 6.92 Å². The van der Waals surface area contributed by atoms with Gasteiger partial charge >= 0.3 is 12.1 Å². The lowest BCUT2D eigenvalue weighted by Crippen LogP contribution is -2.26. The molecule has 2 atom stereocenters. The number of Topliss-reactive ketones (excluding diaryl/α,β-unsaturated/α-hetero) is 3. The average molecular weight is 657 g/mol. The summed E-state index contributed by atoms with van der Waals surface area (Å²) in [5.41, 5.74) is 13.0. The molecule has 0 aromatic carbocycles. The van der Waals surface area contributed by atoms with Crippen molar-refractivity contribution in [1.29, 1.82) is 0 Å². The molecule has 6 aliphatic rings. The second kappa shape index (κ2) is 12.3. The topological polar surface area (TPSA) is 77.5 Å². The zero-order valence-electron chi connectivity index (χ0n) is 28.2. The van der Waals surface area contributed by atoms with Crippen molar-refractivity contribution >= 4 is 23.3 Å². The van der Waals surface area contributed by atoms with Gasteiger partial charge in [-0.1, -0.05) is 38.2 Å². The first kappa shape index (κ1) is 33.6. The molecular weight excluding hydrogens is 617 g/mol. The average Bonchev–Trinajstić information content (AvgIpc) is 3.77. The van der Waals surface area contributed by atoms with E-state index in [2.05, 4.69) is 32.1 Å². The van der Waals surface area contributed by atoms with Gasteiger partial charge in [0.2, 0.25) is 5.78 Å². The molecule has 0 aromatic heterocycles. The van der Waals surface area contributed by atoms with E-state index in [4.69, 9.17) is 4.74 Å². The maximum Gasteiger partial charge on any atom is 0.450 e.